The Morgan fingerprint density at radius 1 is 1.11 bits per heavy atom. The monoisotopic (exact) mass is 363 g/mol. The average molecular weight is 363 g/mol. The predicted molar refractivity (Wildman–Crippen MR) is 99.6 cm³/mol. The quantitative estimate of drug-likeness (QED) is 0.712. The Morgan fingerprint density at radius 3 is 2.70 bits per heavy atom. The molecule has 0 unspecified atom stereocenters. The number of piperidine rings is 1. The number of carbonyl (C=O) groups is 1. The number of aromatic nitrogens is 4. The van der Waals surface area contributed by atoms with Crippen LogP contribution >= 0.6 is 0 Å². The lowest BCUT2D eigenvalue weighted by molar-refractivity contribution is 0.0688. The summed E-state index contributed by atoms with van der Waals surface area (Å²) in [5.41, 5.74) is 0.790. The summed E-state index contributed by atoms with van der Waals surface area (Å²) in [4.78, 5) is 27.7. The number of amides is 1. The van der Waals surface area contributed by atoms with Crippen molar-refractivity contribution in [2.75, 3.05) is 13.1 Å². The van der Waals surface area contributed by atoms with Crippen LogP contribution in [0.25, 0.3) is 0 Å². The lowest BCUT2D eigenvalue weighted by atomic mass is 9.94. The number of para-hydroxylation sites is 1. The summed E-state index contributed by atoms with van der Waals surface area (Å²) in [6.07, 6.45) is 8.57. The molecule has 1 aliphatic heterocycles. The molecular weight excluding hydrogens is 342 g/mol. The van der Waals surface area contributed by atoms with E-state index >= 15 is 0 Å². The van der Waals surface area contributed by atoms with Gasteiger partial charge in [0.2, 0.25) is 5.88 Å². The molecule has 0 N–H and O–H groups in total. The van der Waals surface area contributed by atoms with Gasteiger partial charge < -0.3 is 14.2 Å². The van der Waals surface area contributed by atoms with Gasteiger partial charge in [0.25, 0.3) is 5.91 Å². The smallest absolute Gasteiger partial charge is 0.289 e. The van der Waals surface area contributed by atoms with Crippen LogP contribution in [0.1, 0.15) is 35.1 Å². The van der Waals surface area contributed by atoms with E-state index in [1.165, 1.54) is 0 Å². The van der Waals surface area contributed by atoms with Crippen LogP contribution in [0.5, 0.6) is 11.6 Å². The fourth-order valence-electron chi connectivity index (χ4n) is 3.39. The predicted octanol–water partition coefficient (Wildman–Crippen LogP) is 3.02. The van der Waals surface area contributed by atoms with E-state index in [9.17, 15) is 4.79 Å². The van der Waals surface area contributed by atoms with E-state index in [1.807, 2.05) is 42.3 Å². The maximum atomic E-state index is 12.8. The second-order valence-electron chi connectivity index (χ2n) is 6.61. The first-order chi connectivity index (χ1) is 13.2. The molecule has 7 heteroatoms. The second kappa shape index (κ2) is 7.57. The molecule has 1 aliphatic rings. The summed E-state index contributed by atoms with van der Waals surface area (Å²) in [5.74, 6) is 1.70. The molecular formula is C20H21N5O2. The molecule has 3 aromatic rings. The van der Waals surface area contributed by atoms with Gasteiger partial charge in [-0.1, -0.05) is 18.2 Å². The van der Waals surface area contributed by atoms with Crippen molar-refractivity contribution in [1.29, 1.82) is 0 Å². The van der Waals surface area contributed by atoms with E-state index in [2.05, 4.69) is 15.0 Å². The van der Waals surface area contributed by atoms with E-state index in [0.29, 0.717) is 18.2 Å². The Bertz CT molecular complexity index is 925. The summed E-state index contributed by atoms with van der Waals surface area (Å²) >= 11 is 0. The zero-order chi connectivity index (χ0) is 18.6. The van der Waals surface area contributed by atoms with Gasteiger partial charge in [0.15, 0.2) is 5.82 Å². The highest BCUT2D eigenvalue weighted by Crippen LogP contribution is 2.32. The molecule has 0 spiro atoms. The van der Waals surface area contributed by atoms with Gasteiger partial charge in [0.05, 0.1) is 0 Å². The van der Waals surface area contributed by atoms with E-state index in [-0.39, 0.29) is 11.8 Å². The third kappa shape index (κ3) is 3.67. The topological polar surface area (TPSA) is 73.1 Å². The normalized spacial score (nSPS) is 16.9. The van der Waals surface area contributed by atoms with Crippen molar-refractivity contribution < 1.29 is 9.53 Å². The minimum absolute atomic E-state index is 0.0541. The largest absolute Gasteiger partial charge is 0.437 e. The van der Waals surface area contributed by atoms with Crippen LogP contribution in [0.15, 0.2) is 55.1 Å². The highest BCUT2D eigenvalue weighted by Gasteiger charge is 2.30. The van der Waals surface area contributed by atoms with E-state index in [1.54, 1.807) is 29.4 Å². The molecule has 1 atom stereocenters. The number of carbonyl (C=O) groups excluding carboxylic acids is 1. The Kier molecular flexibility index (Phi) is 4.82. The minimum Gasteiger partial charge on any atom is -0.437 e. The van der Waals surface area contributed by atoms with E-state index < -0.39 is 0 Å². The van der Waals surface area contributed by atoms with Crippen LogP contribution in [-0.4, -0.2) is 43.4 Å². The first-order valence-corrected chi connectivity index (χ1v) is 9.03. The number of rotatable bonds is 4. The molecule has 1 saturated heterocycles. The van der Waals surface area contributed by atoms with Gasteiger partial charge in [-0.25, -0.2) is 9.97 Å². The van der Waals surface area contributed by atoms with Gasteiger partial charge >= 0.3 is 0 Å². The lowest BCUT2D eigenvalue weighted by Crippen LogP contribution is -2.40. The number of hydrogen-bond donors (Lipinski definition) is 0. The maximum Gasteiger partial charge on any atom is 0.289 e. The Labute approximate surface area is 157 Å². The molecule has 0 bridgehead atoms. The number of nitrogens with zero attached hydrogens (tertiary/aromatic N) is 5. The summed E-state index contributed by atoms with van der Waals surface area (Å²) in [5, 5.41) is 0. The maximum absolute atomic E-state index is 12.8. The number of benzene rings is 1. The summed E-state index contributed by atoms with van der Waals surface area (Å²) in [7, 11) is 1.83. The van der Waals surface area contributed by atoms with Crippen molar-refractivity contribution in [1.82, 2.24) is 24.4 Å². The molecule has 2 aromatic heterocycles. The Balaban J connectivity index is 1.55. The van der Waals surface area contributed by atoms with Crippen molar-refractivity contribution in [2.45, 2.75) is 18.8 Å². The molecule has 1 amide bonds. The zero-order valence-electron chi connectivity index (χ0n) is 15.2. The fourth-order valence-corrected chi connectivity index (χ4v) is 3.39. The van der Waals surface area contributed by atoms with Crippen LogP contribution in [0.4, 0.5) is 0 Å². The number of aryl methyl sites for hydroxylation is 1. The SMILES string of the molecule is Cn1ccnc1C(=O)N1CCC[C@H](c2nccnc2Oc2ccccc2)C1. The molecule has 0 saturated carbocycles. The molecule has 0 radical (unpaired) electrons. The second-order valence-corrected chi connectivity index (χ2v) is 6.61. The number of imidazole rings is 1. The molecule has 138 valence electrons. The fraction of sp³-hybridized carbons (Fsp3) is 0.300. The molecule has 1 fully saturated rings. The van der Waals surface area contributed by atoms with Crippen LogP contribution < -0.4 is 4.74 Å². The van der Waals surface area contributed by atoms with Gasteiger partial charge in [-0.15, -0.1) is 0 Å². The first-order valence-electron chi connectivity index (χ1n) is 9.03. The standard InChI is InChI=1S/C20H21N5O2/c1-24-13-11-22-18(24)20(26)25-12-5-6-15(14-25)17-19(23-10-9-21-17)27-16-7-3-2-4-8-16/h2-4,7-11,13,15H,5-6,12,14H2,1H3/t15-/m0/s1. The first kappa shape index (κ1) is 17.2. The molecule has 0 aliphatic carbocycles. The molecule has 3 heterocycles. The molecule has 7 nitrogen and oxygen atoms in total. The van der Waals surface area contributed by atoms with Gasteiger partial charge in [-0.05, 0) is 25.0 Å². The highest BCUT2D eigenvalue weighted by molar-refractivity contribution is 5.90. The minimum atomic E-state index is -0.0541. The van der Waals surface area contributed by atoms with Gasteiger partial charge in [-0.2, -0.15) is 0 Å². The zero-order valence-corrected chi connectivity index (χ0v) is 15.2. The number of hydrogen-bond acceptors (Lipinski definition) is 5. The molecule has 4 rings (SSSR count). The summed E-state index contributed by atoms with van der Waals surface area (Å²) in [6, 6.07) is 9.54. The molecule has 27 heavy (non-hydrogen) atoms. The summed E-state index contributed by atoms with van der Waals surface area (Å²) < 4.78 is 7.70. The van der Waals surface area contributed by atoms with Crippen molar-refractivity contribution in [3.8, 4) is 11.6 Å². The Morgan fingerprint density at radius 2 is 1.93 bits per heavy atom. The van der Waals surface area contributed by atoms with Crippen molar-refractivity contribution in [2.24, 2.45) is 7.05 Å². The van der Waals surface area contributed by atoms with E-state index in [0.717, 1.165) is 30.8 Å². The average Bonchev–Trinajstić information content (AvgIpc) is 3.14. The summed E-state index contributed by atoms with van der Waals surface area (Å²) in [6.45, 7) is 1.30. The molecule has 1 aromatic carbocycles. The van der Waals surface area contributed by atoms with Gasteiger partial charge in [0.1, 0.15) is 11.4 Å². The van der Waals surface area contributed by atoms with Crippen LogP contribution in [-0.2, 0) is 7.05 Å². The third-order valence-electron chi connectivity index (χ3n) is 4.76. The van der Waals surface area contributed by atoms with Crippen molar-refractivity contribution in [3.05, 3.63) is 66.6 Å². The highest BCUT2D eigenvalue weighted by atomic mass is 16.5. The van der Waals surface area contributed by atoms with Gasteiger partial charge in [0, 0.05) is 50.8 Å². The van der Waals surface area contributed by atoms with Gasteiger partial charge in [-0.3, -0.25) is 9.78 Å². The van der Waals surface area contributed by atoms with Crippen LogP contribution in [0.3, 0.4) is 0 Å². The van der Waals surface area contributed by atoms with Crippen molar-refractivity contribution >= 4 is 5.91 Å². The van der Waals surface area contributed by atoms with Crippen molar-refractivity contribution in [3.63, 3.8) is 0 Å². The number of likely N-dealkylation sites (tertiary alicyclic amines) is 1. The third-order valence-corrected chi connectivity index (χ3v) is 4.76. The lowest BCUT2D eigenvalue weighted by Gasteiger charge is -2.32. The van der Waals surface area contributed by atoms with E-state index in [4.69, 9.17) is 4.74 Å². The Hall–Kier alpha value is -3.22. The number of ether oxygens (including phenoxy) is 1. The van der Waals surface area contributed by atoms with Crippen LogP contribution in [0.2, 0.25) is 0 Å². The van der Waals surface area contributed by atoms with Crippen LogP contribution in [0, 0.1) is 0 Å².